The summed E-state index contributed by atoms with van der Waals surface area (Å²) in [6.07, 6.45) is 1.16. The van der Waals surface area contributed by atoms with E-state index in [0.29, 0.717) is 41.5 Å². The number of anilines is 2. The Balaban J connectivity index is 1.63. The van der Waals surface area contributed by atoms with E-state index in [1.165, 1.54) is 4.88 Å². The molecule has 154 valence electrons. The monoisotopic (exact) mass is 424 g/mol. The third-order valence-electron chi connectivity index (χ3n) is 5.49. The maximum Gasteiger partial charge on any atom is 0.219 e. The fourth-order valence-electron chi connectivity index (χ4n) is 4.07. The molecule has 5 rings (SSSR count). The van der Waals surface area contributed by atoms with Gasteiger partial charge in [0.2, 0.25) is 11.6 Å². The maximum atomic E-state index is 13.4. The Bertz CT molecular complexity index is 1100. The summed E-state index contributed by atoms with van der Waals surface area (Å²) < 4.78 is 15.8. The number of nitrogens with zero attached hydrogens (tertiary/aromatic N) is 2. The van der Waals surface area contributed by atoms with Crippen LogP contribution >= 0.6 is 11.3 Å². The predicted octanol–water partition coefficient (Wildman–Crippen LogP) is 4.13. The van der Waals surface area contributed by atoms with Crippen LogP contribution in [0.4, 0.5) is 11.6 Å². The number of thiophene rings is 1. The number of carbonyl (C=O) groups is 1. The molecule has 30 heavy (non-hydrogen) atoms. The van der Waals surface area contributed by atoms with E-state index >= 15 is 0 Å². The average Bonchev–Trinajstić information content (AvgIpc) is 3.42. The quantitative estimate of drug-likeness (QED) is 0.645. The van der Waals surface area contributed by atoms with Crippen molar-refractivity contribution in [2.24, 2.45) is 0 Å². The Hall–Kier alpha value is -3.33. The van der Waals surface area contributed by atoms with Crippen molar-refractivity contribution < 1.29 is 18.9 Å². The predicted molar refractivity (Wildman–Crippen MR) is 112 cm³/mol. The lowest BCUT2D eigenvalue weighted by Gasteiger charge is -2.29. The molecule has 3 heterocycles. The lowest BCUT2D eigenvalue weighted by molar-refractivity contribution is -0.116. The van der Waals surface area contributed by atoms with Crippen LogP contribution in [0.1, 0.15) is 35.2 Å². The fraction of sp³-hybridized carbons (Fsp3) is 0.286. The minimum Gasteiger partial charge on any atom is -0.497 e. The van der Waals surface area contributed by atoms with E-state index in [-0.39, 0.29) is 11.7 Å². The first-order chi connectivity index (χ1) is 14.7. The molecule has 0 saturated carbocycles. The van der Waals surface area contributed by atoms with E-state index < -0.39 is 6.04 Å². The van der Waals surface area contributed by atoms with Gasteiger partial charge in [-0.2, -0.15) is 0 Å². The summed E-state index contributed by atoms with van der Waals surface area (Å²) in [5, 5.41) is 16.6. The molecule has 2 atom stereocenters. The van der Waals surface area contributed by atoms with Gasteiger partial charge in [0.25, 0.3) is 0 Å². The number of Topliss-reactive ketones (excluding diaryl/α,β-unsaturated/α-hetero) is 1. The summed E-state index contributed by atoms with van der Waals surface area (Å²) >= 11 is 1.67. The number of fused-ring (bicyclic) bond motifs is 1. The van der Waals surface area contributed by atoms with E-state index in [4.69, 9.17) is 14.1 Å². The van der Waals surface area contributed by atoms with Crippen molar-refractivity contribution in [3.63, 3.8) is 0 Å². The van der Waals surface area contributed by atoms with Crippen molar-refractivity contribution in [3.8, 4) is 11.5 Å². The van der Waals surface area contributed by atoms with Crippen LogP contribution in [0.2, 0.25) is 0 Å². The third-order valence-corrected chi connectivity index (χ3v) is 6.52. The Morgan fingerprint density at radius 3 is 2.57 bits per heavy atom. The molecule has 2 aliphatic rings. The molecule has 0 radical (unpaired) electrons. The maximum absolute atomic E-state index is 13.4. The number of carbonyl (C=O) groups excluding carboxylic acids is 1. The molecule has 1 aromatic carbocycles. The molecule has 1 aliphatic carbocycles. The highest BCUT2D eigenvalue weighted by atomic mass is 32.1. The molecule has 0 unspecified atom stereocenters. The minimum atomic E-state index is -0.443. The second-order valence-corrected chi connectivity index (χ2v) is 8.23. The summed E-state index contributed by atoms with van der Waals surface area (Å²) in [7, 11) is 3.20. The molecule has 0 saturated heterocycles. The highest BCUT2D eigenvalue weighted by Crippen LogP contribution is 2.45. The Labute approximate surface area is 176 Å². The summed E-state index contributed by atoms with van der Waals surface area (Å²) in [5.41, 5.74) is 2.34. The van der Waals surface area contributed by atoms with Gasteiger partial charge >= 0.3 is 0 Å². The zero-order chi connectivity index (χ0) is 20.7. The van der Waals surface area contributed by atoms with E-state index in [2.05, 4.69) is 27.0 Å². The van der Waals surface area contributed by atoms with Gasteiger partial charge in [-0.3, -0.25) is 4.79 Å². The van der Waals surface area contributed by atoms with Crippen molar-refractivity contribution in [3.05, 3.63) is 57.4 Å². The summed E-state index contributed by atoms with van der Waals surface area (Å²) in [5.74, 6) is 2.43. The average molecular weight is 424 g/mol. The molecule has 2 aromatic heterocycles. The Morgan fingerprint density at radius 1 is 1.10 bits per heavy atom. The zero-order valence-electron chi connectivity index (χ0n) is 16.5. The number of rotatable bonds is 4. The van der Waals surface area contributed by atoms with E-state index in [0.717, 1.165) is 11.3 Å². The highest BCUT2D eigenvalue weighted by molar-refractivity contribution is 7.10. The Kier molecular flexibility index (Phi) is 4.66. The van der Waals surface area contributed by atoms with Crippen LogP contribution in [0, 0.1) is 0 Å². The summed E-state index contributed by atoms with van der Waals surface area (Å²) in [4.78, 5) is 14.6. The van der Waals surface area contributed by atoms with Crippen LogP contribution in [-0.4, -0.2) is 30.3 Å². The normalized spacial score (nSPS) is 20.5. The number of ketones is 1. The molecular weight excluding hydrogens is 404 g/mol. The SMILES string of the molecule is COc1cc(OC)cc([C@H]2Nc3nonc3NC3=C2C(=O)C[C@@H](c2cccs2)C3)c1. The number of aromatic nitrogens is 2. The summed E-state index contributed by atoms with van der Waals surface area (Å²) in [6, 6.07) is 9.23. The number of methoxy groups -OCH3 is 2. The van der Waals surface area contributed by atoms with Gasteiger partial charge in [-0.05, 0) is 45.9 Å². The lowest BCUT2D eigenvalue weighted by atomic mass is 9.81. The van der Waals surface area contributed by atoms with Crippen molar-refractivity contribution in [1.29, 1.82) is 0 Å². The minimum absolute atomic E-state index is 0.0866. The van der Waals surface area contributed by atoms with Crippen molar-refractivity contribution >= 4 is 28.8 Å². The molecule has 8 nitrogen and oxygen atoms in total. The second-order valence-electron chi connectivity index (χ2n) is 7.25. The molecular formula is C21H20N4O4S. The van der Waals surface area contributed by atoms with Crippen LogP contribution in [-0.2, 0) is 4.79 Å². The second kappa shape index (κ2) is 7.49. The van der Waals surface area contributed by atoms with Crippen LogP contribution < -0.4 is 20.1 Å². The van der Waals surface area contributed by atoms with Gasteiger partial charge in [-0.1, -0.05) is 6.07 Å². The van der Waals surface area contributed by atoms with Gasteiger partial charge in [0.05, 0.1) is 20.3 Å². The molecule has 0 amide bonds. The number of allylic oxidation sites excluding steroid dienone is 1. The largest absolute Gasteiger partial charge is 0.497 e. The lowest BCUT2D eigenvalue weighted by Crippen LogP contribution is -2.26. The third kappa shape index (κ3) is 3.21. The van der Waals surface area contributed by atoms with E-state index in [1.807, 2.05) is 23.6 Å². The number of hydrogen-bond acceptors (Lipinski definition) is 9. The smallest absolute Gasteiger partial charge is 0.219 e. The highest BCUT2D eigenvalue weighted by Gasteiger charge is 2.38. The topological polar surface area (TPSA) is 98.5 Å². The molecule has 3 aromatic rings. The van der Waals surface area contributed by atoms with Crippen molar-refractivity contribution in [2.45, 2.75) is 24.8 Å². The van der Waals surface area contributed by atoms with Gasteiger partial charge in [-0.15, -0.1) is 11.3 Å². The van der Waals surface area contributed by atoms with Gasteiger partial charge in [-0.25, -0.2) is 4.63 Å². The van der Waals surface area contributed by atoms with Crippen molar-refractivity contribution in [1.82, 2.24) is 10.3 Å². The van der Waals surface area contributed by atoms with Crippen LogP contribution in [0.15, 0.2) is 51.6 Å². The van der Waals surface area contributed by atoms with Gasteiger partial charge < -0.3 is 20.1 Å². The molecule has 0 fully saturated rings. The van der Waals surface area contributed by atoms with Crippen LogP contribution in [0.3, 0.4) is 0 Å². The fourth-order valence-corrected chi connectivity index (χ4v) is 4.90. The molecule has 0 spiro atoms. The van der Waals surface area contributed by atoms with Gasteiger partial charge in [0, 0.05) is 34.6 Å². The molecule has 9 heteroatoms. The van der Waals surface area contributed by atoms with Crippen LogP contribution in [0.5, 0.6) is 11.5 Å². The standard InChI is InChI=1S/C21H20N4O4S/c1-27-13-6-12(7-14(10-13)28-2)19-18-15(22-20-21(23-19)25-29-24-20)8-11(9-16(18)26)17-4-3-5-30-17/h3-7,10-11,19H,8-9H2,1-2H3,(H,22,24)(H,23,25)/t11-,19+/m0/s1. The Morgan fingerprint density at radius 2 is 1.87 bits per heavy atom. The van der Waals surface area contributed by atoms with Gasteiger partial charge in [0.1, 0.15) is 11.5 Å². The molecule has 1 aliphatic heterocycles. The zero-order valence-corrected chi connectivity index (χ0v) is 17.3. The number of nitrogens with one attached hydrogen (secondary N) is 2. The number of benzene rings is 1. The van der Waals surface area contributed by atoms with E-state index in [9.17, 15) is 4.79 Å². The van der Waals surface area contributed by atoms with Crippen LogP contribution in [0.25, 0.3) is 0 Å². The summed E-state index contributed by atoms with van der Waals surface area (Å²) in [6.45, 7) is 0. The van der Waals surface area contributed by atoms with Crippen molar-refractivity contribution in [2.75, 3.05) is 24.9 Å². The molecule has 2 N–H and O–H groups in total. The van der Waals surface area contributed by atoms with Gasteiger partial charge in [0.15, 0.2) is 5.78 Å². The number of ether oxygens (including phenoxy) is 2. The first-order valence-electron chi connectivity index (χ1n) is 9.55. The number of hydrogen-bond donors (Lipinski definition) is 2. The van der Waals surface area contributed by atoms with E-state index in [1.54, 1.807) is 31.6 Å². The molecule has 0 bridgehead atoms. The first kappa shape index (κ1) is 18.7. The first-order valence-corrected chi connectivity index (χ1v) is 10.4.